The van der Waals surface area contributed by atoms with E-state index < -0.39 is 11.6 Å². The molecule has 0 radical (unpaired) electrons. The molecular formula is C15H14F2N2. The van der Waals surface area contributed by atoms with E-state index in [2.05, 4.69) is 5.32 Å². The monoisotopic (exact) mass is 260 g/mol. The summed E-state index contributed by atoms with van der Waals surface area (Å²) in [6.45, 7) is 0.665. The highest BCUT2D eigenvalue weighted by Crippen LogP contribution is 2.37. The van der Waals surface area contributed by atoms with Gasteiger partial charge in [-0.05, 0) is 5.56 Å². The van der Waals surface area contributed by atoms with Crippen molar-refractivity contribution in [1.82, 2.24) is 0 Å². The van der Waals surface area contributed by atoms with Crippen LogP contribution in [0.2, 0.25) is 0 Å². The summed E-state index contributed by atoms with van der Waals surface area (Å²) in [5, 5.41) is 3.16. The van der Waals surface area contributed by atoms with Gasteiger partial charge in [-0.15, -0.1) is 0 Å². The molecule has 1 atom stereocenters. The van der Waals surface area contributed by atoms with E-state index in [4.69, 9.17) is 0 Å². The Morgan fingerprint density at radius 2 is 1.79 bits per heavy atom. The highest BCUT2D eigenvalue weighted by Gasteiger charge is 2.25. The van der Waals surface area contributed by atoms with Crippen molar-refractivity contribution >= 4 is 11.4 Å². The number of anilines is 2. The van der Waals surface area contributed by atoms with Gasteiger partial charge < -0.3 is 10.2 Å². The molecule has 1 heterocycles. The molecule has 1 N–H and O–H groups in total. The van der Waals surface area contributed by atoms with Crippen molar-refractivity contribution in [2.45, 2.75) is 6.04 Å². The van der Waals surface area contributed by atoms with Crippen LogP contribution in [-0.4, -0.2) is 13.6 Å². The Morgan fingerprint density at radius 3 is 2.53 bits per heavy atom. The highest BCUT2D eigenvalue weighted by atomic mass is 19.2. The Labute approximate surface area is 110 Å². The van der Waals surface area contributed by atoms with Crippen LogP contribution >= 0.6 is 0 Å². The molecule has 4 heteroatoms. The molecule has 1 aliphatic heterocycles. The van der Waals surface area contributed by atoms with Gasteiger partial charge in [0.2, 0.25) is 0 Å². The second-order valence-electron chi connectivity index (χ2n) is 4.70. The summed E-state index contributed by atoms with van der Waals surface area (Å²) < 4.78 is 26.6. The summed E-state index contributed by atoms with van der Waals surface area (Å²) in [7, 11) is 1.90. The third kappa shape index (κ3) is 2.03. The number of nitrogens with zero attached hydrogens (tertiary/aromatic N) is 1. The van der Waals surface area contributed by atoms with Crippen molar-refractivity contribution in [3.05, 3.63) is 59.7 Å². The van der Waals surface area contributed by atoms with Gasteiger partial charge in [0.15, 0.2) is 11.6 Å². The van der Waals surface area contributed by atoms with Crippen LogP contribution in [0, 0.1) is 11.6 Å². The van der Waals surface area contributed by atoms with Crippen LogP contribution in [0.25, 0.3) is 0 Å². The average molecular weight is 260 g/mol. The number of fused-ring (bicyclic) bond motifs is 1. The highest BCUT2D eigenvalue weighted by molar-refractivity contribution is 5.73. The largest absolute Gasteiger partial charge is 0.381 e. The Hall–Kier alpha value is -2.10. The van der Waals surface area contributed by atoms with Crippen LogP contribution < -0.4 is 10.2 Å². The summed E-state index contributed by atoms with van der Waals surface area (Å²) >= 11 is 0. The molecule has 2 nitrogen and oxygen atoms in total. The molecule has 2 aromatic carbocycles. The lowest BCUT2D eigenvalue weighted by molar-refractivity contribution is 0.507. The first-order chi connectivity index (χ1) is 9.16. The van der Waals surface area contributed by atoms with Gasteiger partial charge in [0.1, 0.15) is 0 Å². The lowest BCUT2D eigenvalue weighted by Crippen LogP contribution is -2.34. The maximum atomic E-state index is 13.4. The smallest absolute Gasteiger partial charge is 0.161 e. The Bertz CT molecular complexity index is 599. The number of rotatable bonds is 1. The maximum absolute atomic E-state index is 13.4. The first-order valence-corrected chi connectivity index (χ1v) is 6.17. The lowest BCUT2D eigenvalue weighted by atomic mass is 10.0. The van der Waals surface area contributed by atoms with Gasteiger partial charge in [-0.25, -0.2) is 8.78 Å². The number of hydrogen-bond acceptors (Lipinski definition) is 2. The maximum Gasteiger partial charge on any atom is 0.161 e. The molecule has 19 heavy (non-hydrogen) atoms. The number of benzene rings is 2. The fraction of sp³-hybridized carbons (Fsp3) is 0.200. The molecule has 2 aromatic rings. The summed E-state index contributed by atoms with van der Waals surface area (Å²) in [5.74, 6) is -1.64. The van der Waals surface area contributed by atoms with E-state index in [-0.39, 0.29) is 6.04 Å². The van der Waals surface area contributed by atoms with Gasteiger partial charge in [0, 0.05) is 25.7 Å². The zero-order chi connectivity index (χ0) is 13.4. The van der Waals surface area contributed by atoms with E-state index in [0.717, 1.165) is 5.56 Å². The zero-order valence-corrected chi connectivity index (χ0v) is 10.5. The molecule has 0 bridgehead atoms. The summed E-state index contributed by atoms with van der Waals surface area (Å²) in [4.78, 5) is 1.98. The molecule has 0 spiro atoms. The first kappa shape index (κ1) is 12.0. The molecule has 0 amide bonds. The Balaban J connectivity index is 2.00. The van der Waals surface area contributed by atoms with Crippen molar-refractivity contribution in [3.63, 3.8) is 0 Å². The lowest BCUT2D eigenvalue weighted by Gasteiger charge is -2.37. The molecule has 3 rings (SSSR count). The summed E-state index contributed by atoms with van der Waals surface area (Å²) in [5.41, 5.74) is 2.46. The molecule has 0 aliphatic carbocycles. The van der Waals surface area contributed by atoms with Crippen molar-refractivity contribution in [2.24, 2.45) is 0 Å². The molecule has 0 fully saturated rings. The quantitative estimate of drug-likeness (QED) is 0.843. The molecule has 0 saturated heterocycles. The minimum atomic E-state index is -0.821. The average Bonchev–Trinajstić information content (AvgIpc) is 2.42. The number of nitrogens with one attached hydrogen (secondary N) is 1. The second-order valence-corrected chi connectivity index (χ2v) is 4.70. The fourth-order valence-electron chi connectivity index (χ4n) is 2.50. The van der Waals surface area contributed by atoms with E-state index in [0.29, 0.717) is 17.9 Å². The van der Waals surface area contributed by atoms with Crippen LogP contribution in [0.1, 0.15) is 11.6 Å². The van der Waals surface area contributed by atoms with Gasteiger partial charge >= 0.3 is 0 Å². The van der Waals surface area contributed by atoms with Gasteiger partial charge in [-0.2, -0.15) is 0 Å². The Kier molecular flexibility index (Phi) is 2.85. The minimum Gasteiger partial charge on any atom is -0.381 e. The van der Waals surface area contributed by atoms with Crippen molar-refractivity contribution in [1.29, 1.82) is 0 Å². The number of halogens is 2. The van der Waals surface area contributed by atoms with Gasteiger partial charge in [-0.1, -0.05) is 30.3 Å². The molecule has 0 saturated carbocycles. The first-order valence-electron chi connectivity index (χ1n) is 6.17. The van der Waals surface area contributed by atoms with Crippen molar-refractivity contribution in [2.75, 3.05) is 23.8 Å². The Morgan fingerprint density at radius 1 is 1.11 bits per heavy atom. The van der Waals surface area contributed by atoms with E-state index in [1.54, 1.807) is 0 Å². The standard InChI is InChI=1S/C15H14F2N2/c1-19-14-8-12(17)11(16)7-13(14)18-9-15(19)10-5-3-2-4-6-10/h2-8,15,18H,9H2,1H3. The molecule has 1 unspecified atom stereocenters. The van der Waals surface area contributed by atoms with Gasteiger partial charge in [-0.3, -0.25) is 0 Å². The second kappa shape index (κ2) is 4.53. The van der Waals surface area contributed by atoms with Crippen LogP contribution in [-0.2, 0) is 0 Å². The summed E-state index contributed by atoms with van der Waals surface area (Å²) in [6.07, 6.45) is 0. The number of likely N-dealkylation sites (N-methyl/N-ethyl adjacent to an activating group) is 1. The van der Waals surface area contributed by atoms with E-state index in [9.17, 15) is 8.78 Å². The third-order valence-electron chi connectivity index (χ3n) is 3.56. The SMILES string of the molecule is CN1c2cc(F)c(F)cc2NCC1c1ccccc1. The molecular weight excluding hydrogens is 246 g/mol. The van der Waals surface area contributed by atoms with Gasteiger partial charge in [0.05, 0.1) is 17.4 Å². The van der Waals surface area contributed by atoms with E-state index in [1.165, 1.54) is 12.1 Å². The van der Waals surface area contributed by atoms with E-state index >= 15 is 0 Å². The minimum absolute atomic E-state index is 0.110. The van der Waals surface area contributed by atoms with Crippen LogP contribution in [0.5, 0.6) is 0 Å². The topological polar surface area (TPSA) is 15.3 Å². The van der Waals surface area contributed by atoms with Crippen LogP contribution in [0.3, 0.4) is 0 Å². The van der Waals surface area contributed by atoms with Crippen molar-refractivity contribution in [3.8, 4) is 0 Å². The zero-order valence-electron chi connectivity index (χ0n) is 10.5. The van der Waals surface area contributed by atoms with Crippen LogP contribution in [0.4, 0.5) is 20.2 Å². The molecule has 1 aliphatic rings. The van der Waals surface area contributed by atoms with Gasteiger partial charge in [0.25, 0.3) is 0 Å². The van der Waals surface area contributed by atoms with E-state index in [1.807, 2.05) is 42.3 Å². The van der Waals surface area contributed by atoms with Crippen LogP contribution in [0.15, 0.2) is 42.5 Å². The summed E-state index contributed by atoms with van der Waals surface area (Å²) in [6, 6.07) is 12.5. The molecule has 98 valence electrons. The normalized spacial score (nSPS) is 17.8. The predicted molar refractivity (Wildman–Crippen MR) is 72.4 cm³/mol. The molecule has 0 aromatic heterocycles. The third-order valence-corrected chi connectivity index (χ3v) is 3.56. The number of hydrogen-bond donors (Lipinski definition) is 1. The fourth-order valence-corrected chi connectivity index (χ4v) is 2.50. The van der Waals surface area contributed by atoms with Crippen molar-refractivity contribution < 1.29 is 8.78 Å². The predicted octanol–water partition coefficient (Wildman–Crippen LogP) is 3.57.